The van der Waals surface area contributed by atoms with Gasteiger partial charge in [-0.25, -0.2) is 0 Å². The Balaban J connectivity index is 3.15. The van der Waals surface area contributed by atoms with Gasteiger partial charge >= 0.3 is 0 Å². The Morgan fingerprint density at radius 2 is 2.56 bits per heavy atom. The average Bonchev–Trinajstić information content (AvgIpc) is 1.80. The van der Waals surface area contributed by atoms with E-state index in [0.717, 1.165) is 0 Å². The lowest BCUT2D eigenvalue weighted by atomic mass is 10.7. The van der Waals surface area contributed by atoms with Crippen LogP contribution in [0.5, 0.6) is 0 Å². The van der Waals surface area contributed by atoms with Crippen LogP contribution in [0, 0.1) is 0 Å². The predicted molar refractivity (Wildman–Crippen MR) is 31.2 cm³/mol. The molecule has 0 saturated heterocycles. The van der Waals surface area contributed by atoms with Gasteiger partial charge in [-0.3, -0.25) is 4.79 Å². The van der Waals surface area contributed by atoms with E-state index in [-0.39, 0.29) is 19.1 Å². The van der Waals surface area contributed by atoms with Crippen molar-refractivity contribution in [3.8, 4) is 0 Å². The van der Waals surface area contributed by atoms with E-state index in [2.05, 4.69) is 9.73 Å². The van der Waals surface area contributed by atoms with Crippen LogP contribution in [0.2, 0.25) is 0 Å². The zero-order valence-electron chi connectivity index (χ0n) is 5.13. The number of carbonyl (C=O) groups is 1. The molecule has 51 valence electrons. The number of aliphatic imine (C=N–C) groups is 1. The van der Waals surface area contributed by atoms with Crippen molar-refractivity contribution >= 4 is 12.3 Å². The van der Waals surface area contributed by atoms with E-state index < -0.39 is 0 Å². The van der Waals surface area contributed by atoms with Gasteiger partial charge in [0.15, 0.2) is 0 Å². The number of nitrogens with zero attached hydrogens (tertiary/aromatic N) is 1. The first-order valence-corrected chi connectivity index (χ1v) is 2.46. The Kier molecular flexibility index (Phi) is 4.72. The van der Waals surface area contributed by atoms with Crippen molar-refractivity contribution in [3.63, 3.8) is 0 Å². The smallest absolute Gasteiger partial charge is 0.281 e. The van der Waals surface area contributed by atoms with Crippen LogP contribution in [0.4, 0.5) is 0 Å². The topological polar surface area (TPSA) is 58.9 Å². The Hall–Kier alpha value is -0.900. The van der Waals surface area contributed by atoms with Crippen LogP contribution in [-0.2, 0) is 9.53 Å². The molecule has 0 saturated carbocycles. The van der Waals surface area contributed by atoms with Gasteiger partial charge in [0.1, 0.15) is 6.61 Å². The normalized spacial score (nSPS) is 10.0. The fraction of sp³-hybridized carbons (Fsp3) is 0.600. The van der Waals surface area contributed by atoms with Crippen molar-refractivity contribution in [1.82, 2.24) is 0 Å². The highest BCUT2D eigenvalue weighted by atomic mass is 16.5. The minimum atomic E-state index is -0.368. The van der Waals surface area contributed by atoms with Crippen molar-refractivity contribution in [2.24, 2.45) is 4.99 Å². The van der Waals surface area contributed by atoms with Crippen LogP contribution in [0.25, 0.3) is 0 Å². The largest absolute Gasteiger partial charge is 0.471 e. The summed E-state index contributed by atoms with van der Waals surface area (Å²) in [4.78, 5) is 13.2. The van der Waals surface area contributed by atoms with Crippen LogP contribution in [0.3, 0.4) is 0 Å². The van der Waals surface area contributed by atoms with Crippen LogP contribution >= 0.6 is 0 Å². The molecule has 0 aliphatic carbocycles. The standard InChI is InChI=1S/C5H8NO3/c1-5(8)6-4-9-3-2-7/h7H,2-3H2,1H3. The van der Waals surface area contributed by atoms with E-state index in [1.165, 1.54) is 6.92 Å². The summed E-state index contributed by atoms with van der Waals surface area (Å²) in [5.74, 6) is -0.368. The van der Waals surface area contributed by atoms with Gasteiger partial charge in [-0.15, -0.1) is 0 Å². The summed E-state index contributed by atoms with van der Waals surface area (Å²) in [6.45, 7) is 1.31. The highest BCUT2D eigenvalue weighted by Gasteiger charge is 1.82. The number of aliphatic hydroxyl groups is 1. The molecule has 0 aromatic rings. The van der Waals surface area contributed by atoms with Gasteiger partial charge in [-0.1, -0.05) is 0 Å². The van der Waals surface area contributed by atoms with Crippen molar-refractivity contribution in [3.05, 3.63) is 0 Å². The van der Waals surface area contributed by atoms with E-state index in [1.807, 2.05) is 6.40 Å². The first kappa shape index (κ1) is 8.10. The molecule has 0 spiro atoms. The monoisotopic (exact) mass is 130 g/mol. The molecule has 9 heavy (non-hydrogen) atoms. The Morgan fingerprint density at radius 1 is 1.89 bits per heavy atom. The van der Waals surface area contributed by atoms with Crippen molar-refractivity contribution < 1.29 is 14.6 Å². The van der Waals surface area contributed by atoms with Crippen molar-refractivity contribution in [2.45, 2.75) is 6.92 Å². The van der Waals surface area contributed by atoms with Gasteiger partial charge in [0.2, 0.25) is 5.91 Å². The average molecular weight is 130 g/mol. The maximum absolute atomic E-state index is 10.0. The third kappa shape index (κ3) is 7.10. The van der Waals surface area contributed by atoms with E-state index in [4.69, 9.17) is 5.11 Å². The summed E-state index contributed by atoms with van der Waals surface area (Å²) in [6, 6.07) is 0. The van der Waals surface area contributed by atoms with Crippen LogP contribution in [0.1, 0.15) is 6.92 Å². The number of hydrogen-bond donors (Lipinski definition) is 1. The lowest BCUT2D eigenvalue weighted by Crippen LogP contribution is -1.97. The summed E-state index contributed by atoms with van der Waals surface area (Å²) in [5.41, 5.74) is 0. The van der Waals surface area contributed by atoms with Gasteiger partial charge in [-0.2, -0.15) is 4.99 Å². The molecule has 0 aromatic heterocycles. The number of hydrogen-bond acceptors (Lipinski definition) is 3. The van der Waals surface area contributed by atoms with Gasteiger partial charge in [0, 0.05) is 6.92 Å². The van der Waals surface area contributed by atoms with Gasteiger partial charge in [0.05, 0.1) is 6.61 Å². The fourth-order valence-electron chi connectivity index (χ4n) is 0.188. The molecule has 0 aliphatic rings. The summed E-state index contributed by atoms with van der Waals surface area (Å²) in [5, 5.41) is 8.14. The number of carbonyl (C=O) groups excluding carboxylic acids is 1. The minimum Gasteiger partial charge on any atom is -0.471 e. The van der Waals surface area contributed by atoms with E-state index in [1.54, 1.807) is 0 Å². The summed E-state index contributed by atoms with van der Waals surface area (Å²) in [6.07, 6.45) is 2.00. The molecule has 0 unspecified atom stereocenters. The van der Waals surface area contributed by atoms with Crippen LogP contribution < -0.4 is 0 Å². The predicted octanol–water partition coefficient (Wildman–Crippen LogP) is -0.553. The molecule has 0 bridgehead atoms. The second kappa shape index (κ2) is 5.24. The molecule has 0 rings (SSSR count). The zero-order valence-corrected chi connectivity index (χ0v) is 5.13. The van der Waals surface area contributed by atoms with Crippen molar-refractivity contribution in [1.29, 1.82) is 0 Å². The lowest BCUT2D eigenvalue weighted by molar-refractivity contribution is -0.115. The number of aliphatic hydroxyl groups excluding tert-OH is 1. The summed E-state index contributed by atoms with van der Waals surface area (Å²) < 4.78 is 4.41. The lowest BCUT2D eigenvalue weighted by Gasteiger charge is -1.89. The molecular formula is C5H8NO3. The van der Waals surface area contributed by atoms with Crippen LogP contribution in [0.15, 0.2) is 4.99 Å². The number of ether oxygens (including phenoxy) is 1. The fourth-order valence-corrected chi connectivity index (χ4v) is 0.188. The van der Waals surface area contributed by atoms with Crippen LogP contribution in [-0.4, -0.2) is 30.6 Å². The minimum absolute atomic E-state index is 0.0968. The molecule has 1 N–H and O–H groups in total. The summed E-state index contributed by atoms with van der Waals surface area (Å²) >= 11 is 0. The maximum atomic E-state index is 10.0. The Bertz CT molecular complexity index is 111. The molecule has 4 nitrogen and oxygen atoms in total. The van der Waals surface area contributed by atoms with Gasteiger partial charge < -0.3 is 9.84 Å². The second-order valence-corrected chi connectivity index (χ2v) is 1.29. The Morgan fingerprint density at radius 3 is 3.00 bits per heavy atom. The molecule has 0 atom stereocenters. The molecule has 0 aliphatic heterocycles. The van der Waals surface area contributed by atoms with Gasteiger partial charge in [0.25, 0.3) is 6.40 Å². The first-order chi connectivity index (χ1) is 4.27. The van der Waals surface area contributed by atoms with Gasteiger partial charge in [-0.05, 0) is 0 Å². The number of rotatable bonds is 3. The number of amides is 1. The summed E-state index contributed by atoms with van der Waals surface area (Å²) in [7, 11) is 0. The van der Waals surface area contributed by atoms with E-state index in [9.17, 15) is 4.79 Å². The quantitative estimate of drug-likeness (QED) is 0.316. The molecule has 4 heteroatoms. The maximum Gasteiger partial charge on any atom is 0.281 e. The second-order valence-electron chi connectivity index (χ2n) is 1.29. The third-order valence-electron chi connectivity index (χ3n) is 0.461. The van der Waals surface area contributed by atoms with E-state index >= 15 is 0 Å². The molecule has 0 fully saturated rings. The molecule has 1 radical (unpaired) electrons. The highest BCUT2D eigenvalue weighted by molar-refractivity contribution is 5.80. The van der Waals surface area contributed by atoms with Crippen molar-refractivity contribution in [2.75, 3.05) is 13.2 Å². The molecule has 0 aromatic carbocycles. The zero-order chi connectivity index (χ0) is 7.11. The highest BCUT2D eigenvalue weighted by Crippen LogP contribution is 1.70. The first-order valence-electron chi connectivity index (χ1n) is 2.46. The third-order valence-corrected chi connectivity index (χ3v) is 0.461. The SMILES string of the molecule is CC(=O)/N=[C]/OCCO. The molecule has 1 amide bonds. The molecule has 0 heterocycles. The Labute approximate surface area is 53.2 Å². The molecular weight excluding hydrogens is 122 g/mol. The van der Waals surface area contributed by atoms with E-state index in [0.29, 0.717) is 0 Å².